The quantitative estimate of drug-likeness (QED) is 0.831. The summed E-state index contributed by atoms with van der Waals surface area (Å²) < 4.78 is 1.71. The van der Waals surface area contributed by atoms with E-state index in [4.69, 9.17) is 0 Å². The molecule has 0 bridgehead atoms. The molecule has 1 aromatic rings. The molecule has 2 heterocycles. The zero-order valence-electron chi connectivity index (χ0n) is 11.9. The van der Waals surface area contributed by atoms with Crippen molar-refractivity contribution in [1.82, 2.24) is 20.0 Å². The molecule has 1 aliphatic heterocycles. The van der Waals surface area contributed by atoms with Crippen molar-refractivity contribution in [3.8, 4) is 0 Å². The third-order valence-electron chi connectivity index (χ3n) is 4.47. The average Bonchev–Trinajstić information content (AvgIpc) is 2.88. The fraction of sp³-hybridized carbons (Fsp3) is 0.643. The fourth-order valence-corrected chi connectivity index (χ4v) is 3.51. The highest BCUT2D eigenvalue weighted by atomic mass is 16.2. The number of imide groups is 1. The Labute approximate surface area is 118 Å². The van der Waals surface area contributed by atoms with Crippen LogP contribution in [0.4, 0.5) is 4.79 Å². The Balaban J connectivity index is 1.89. The first-order valence-electron chi connectivity index (χ1n) is 7.13. The van der Waals surface area contributed by atoms with E-state index in [9.17, 15) is 9.59 Å². The Kier molecular flexibility index (Phi) is 3.03. The summed E-state index contributed by atoms with van der Waals surface area (Å²) in [5.74, 6) is 0.330. The zero-order valence-corrected chi connectivity index (χ0v) is 11.9. The van der Waals surface area contributed by atoms with E-state index in [1.165, 1.54) is 0 Å². The molecule has 1 aliphatic carbocycles. The van der Waals surface area contributed by atoms with Crippen molar-refractivity contribution in [2.45, 2.75) is 44.7 Å². The van der Waals surface area contributed by atoms with E-state index in [0.717, 1.165) is 31.4 Å². The summed E-state index contributed by atoms with van der Waals surface area (Å²) >= 11 is 0. The summed E-state index contributed by atoms with van der Waals surface area (Å²) in [4.78, 5) is 26.1. The maximum Gasteiger partial charge on any atom is 0.325 e. The van der Waals surface area contributed by atoms with Gasteiger partial charge in [-0.1, -0.05) is 19.8 Å². The Hall–Kier alpha value is -1.85. The smallest absolute Gasteiger partial charge is 0.304 e. The van der Waals surface area contributed by atoms with Gasteiger partial charge in [0.15, 0.2) is 0 Å². The van der Waals surface area contributed by atoms with Gasteiger partial charge in [-0.2, -0.15) is 5.10 Å². The van der Waals surface area contributed by atoms with Gasteiger partial charge in [0.25, 0.3) is 5.91 Å². The van der Waals surface area contributed by atoms with Gasteiger partial charge in [-0.05, 0) is 24.8 Å². The van der Waals surface area contributed by atoms with Gasteiger partial charge >= 0.3 is 6.03 Å². The van der Waals surface area contributed by atoms with E-state index in [0.29, 0.717) is 12.5 Å². The maximum absolute atomic E-state index is 12.3. The maximum atomic E-state index is 12.3. The number of rotatable bonds is 2. The Bertz CT molecular complexity index is 553. The van der Waals surface area contributed by atoms with Crippen molar-refractivity contribution in [3.63, 3.8) is 0 Å². The molecule has 1 aromatic heterocycles. The number of hydrogen-bond acceptors (Lipinski definition) is 3. The molecule has 1 N–H and O–H groups in total. The summed E-state index contributed by atoms with van der Waals surface area (Å²) in [7, 11) is 1.84. The van der Waals surface area contributed by atoms with E-state index in [-0.39, 0.29) is 11.9 Å². The molecule has 6 nitrogen and oxygen atoms in total. The molecule has 2 aliphatic rings. The van der Waals surface area contributed by atoms with Crippen LogP contribution in [0.15, 0.2) is 12.3 Å². The summed E-state index contributed by atoms with van der Waals surface area (Å²) in [6, 6.07) is 1.60. The van der Waals surface area contributed by atoms with Crippen molar-refractivity contribution in [2.75, 3.05) is 0 Å². The first-order valence-corrected chi connectivity index (χ1v) is 7.13. The number of urea groups is 1. The third-order valence-corrected chi connectivity index (χ3v) is 4.47. The molecule has 3 rings (SSSR count). The standard InChI is InChI=1S/C14H20N4O2/c1-10-4-3-6-14(8-10)12(19)15-13(20)18(14)9-11-5-7-17(2)16-11/h5,7,10H,3-4,6,8-9H2,1-2H3,(H,15,19,20). The van der Waals surface area contributed by atoms with Crippen LogP contribution in [0.5, 0.6) is 0 Å². The minimum absolute atomic E-state index is 0.134. The molecular formula is C14H20N4O2. The van der Waals surface area contributed by atoms with Crippen LogP contribution in [0, 0.1) is 5.92 Å². The van der Waals surface area contributed by atoms with Gasteiger partial charge in [-0.3, -0.25) is 14.8 Å². The van der Waals surface area contributed by atoms with Crippen LogP contribution >= 0.6 is 0 Å². The number of nitrogens with zero attached hydrogens (tertiary/aromatic N) is 3. The highest BCUT2D eigenvalue weighted by molar-refractivity contribution is 6.07. The van der Waals surface area contributed by atoms with Crippen molar-refractivity contribution < 1.29 is 9.59 Å². The number of carbonyl (C=O) groups is 2. The predicted octanol–water partition coefficient (Wildman–Crippen LogP) is 1.42. The van der Waals surface area contributed by atoms with Gasteiger partial charge in [0.05, 0.1) is 12.2 Å². The van der Waals surface area contributed by atoms with Crippen molar-refractivity contribution in [3.05, 3.63) is 18.0 Å². The van der Waals surface area contributed by atoms with Gasteiger partial charge in [-0.15, -0.1) is 0 Å². The lowest BCUT2D eigenvalue weighted by Crippen LogP contribution is -2.52. The van der Waals surface area contributed by atoms with Crippen LogP contribution in [0.2, 0.25) is 0 Å². The first-order chi connectivity index (χ1) is 9.51. The fourth-order valence-electron chi connectivity index (χ4n) is 3.51. The molecule has 2 atom stereocenters. The second-order valence-corrected chi connectivity index (χ2v) is 6.06. The lowest BCUT2D eigenvalue weighted by Gasteiger charge is -2.40. The number of carbonyl (C=O) groups excluding carboxylic acids is 2. The lowest BCUT2D eigenvalue weighted by atomic mass is 9.75. The largest absolute Gasteiger partial charge is 0.325 e. The van der Waals surface area contributed by atoms with Crippen LogP contribution in [-0.2, 0) is 18.4 Å². The normalized spacial score (nSPS) is 30.1. The lowest BCUT2D eigenvalue weighted by molar-refractivity contribution is -0.129. The molecule has 1 saturated heterocycles. The Morgan fingerprint density at radius 2 is 2.30 bits per heavy atom. The van der Waals surface area contributed by atoms with Crippen LogP contribution in [-0.4, -0.2) is 32.2 Å². The summed E-state index contributed by atoms with van der Waals surface area (Å²) in [5, 5.41) is 6.80. The summed E-state index contributed by atoms with van der Waals surface area (Å²) in [5.41, 5.74) is 0.154. The van der Waals surface area contributed by atoms with Gasteiger partial charge < -0.3 is 4.90 Å². The highest BCUT2D eigenvalue weighted by Gasteiger charge is 2.54. The van der Waals surface area contributed by atoms with Gasteiger partial charge in [0.2, 0.25) is 0 Å². The van der Waals surface area contributed by atoms with Gasteiger partial charge in [0, 0.05) is 13.2 Å². The SMILES string of the molecule is CC1CCCC2(C1)C(=O)NC(=O)N2Cc1ccn(C)n1. The minimum Gasteiger partial charge on any atom is -0.304 e. The van der Waals surface area contributed by atoms with Crippen LogP contribution in [0.25, 0.3) is 0 Å². The van der Waals surface area contributed by atoms with E-state index >= 15 is 0 Å². The first kappa shape index (κ1) is 13.1. The molecule has 108 valence electrons. The third kappa shape index (κ3) is 1.99. The molecule has 3 amide bonds. The average molecular weight is 276 g/mol. The van der Waals surface area contributed by atoms with Gasteiger partial charge in [-0.25, -0.2) is 4.79 Å². The number of hydrogen-bond donors (Lipinski definition) is 1. The molecule has 20 heavy (non-hydrogen) atoms. The van der Waals surface area contributed by atoms with Crippen LogP contribution in [0.1, 0.15) is 38.3 Å². The summed E-state index contributed by atoms with van der Waals surface area (Å²) in [6.07, 6.45) is 5.46. The van der Waals surface area contributed by atoms with E-state index in [1.807, 2.05) is 19.3 Å². The molecule has 1 spiro atoms. The van der Waals surface area contributed by atoms with Crippen molar-refractivity contribution in [1.29, 1.82) is 0 Å². The predicted molar refractivity (Wildman–Crippen MR) is 72.7 cm³/mol. The van der Waals surface area contributed by atoms with E-state index < -0.39 is 5.54 Å². The molecule has 2 unspecified atom stereocenters. The molecule has 0 radical (unpaired) electrons. The zero-order chi connectivity index (χ0) is 14.3. The monoisotopic (exact) mass is 276 g/mol. The number of aryl methyl sites for hydroxylation is 1. The van der Waals surface area contributed by atoms with Crippen LogP contribution < -0.4 is 5.32 Å². The van der Waals surface area contributed by atoms with Crippen molar-refractivity contribution >= 4 is 11.9 Å². The molecule has 6 heteroatoms. The highest BCUT2D eigenvalue weighted by Crippen LogP contribution is 2.40. The van der Waals surface area contributed by atoms with Crippen molar-refractivity contribution in [2.24, 2.45) is 13.0 Å². The molecule has 1 saturated carbocycles. The number of nitrogens with one attached hydrogen (secondary N) is 1. The Morgan fingerprint density at radius 3 is 2.95 bits per heavy atom. The Morgan fingerprint density at radius 1 is 1.50 bits per heavy atom. The second-order valence-electron chi connectivity index (χ2n) is 6.06. The van der Waals surface area contributed by atoms with E-state index in [1.54, 1.807) is 9.58 Å². The summed E-state index contributed by atoms with van der Waals surface area (Å²) in [6.45, 7) is 2.54. The second kappa shape index (κ2) is 4.61. The molecule has 0 aromatic carbocycles. The topological polar surface area (TPSA) is 67.2 Å². The molecular weight excluding hydrogens is 256 g/mol. The number of amides is 3. The van der Waals surface area contributed by atoms with Crippen LogP contribution in [0.3, 0.4) is 0 Å². The van der Waals surface area contributed by atoms with E-state index in [2.05, 4.69) is 17.3 Å². The number of aromatic nitrogens is 2. The molecule has 2 fully saturated rings. The van der Waals surface area contributed by atoms with Gasteiger partial charge in [0.1, 0.15) is 5.54 Å². The minimum atomic E-state index is -0.660.